The zero-order valence-electron chi connectivity index (χ0n) is 17.5. The van der Waals surface area contributed by atoms with Gasteiger partial charge in [-0.05, 0) is 31.4 Å². The van der Waals surface area contributed by atoms with Crippen molar-refractivity contribution >= 4 is 11.8 Å². The second-order valence-corrected chi connectivity index (χ2v) is 8.42. The van der Waals surface area contributed by atoms with E-state index < -0.39 is 11.9 Å². The average Bonchev–Trinajstić information content (AvgIpc) is 3.05. The fourth-order valence-corrected chi connectivity index (χ4v) is 4.92. The van der Waals surface area contributed by atoms with Crippen LogP contribution in [0.3, 0.4) is 0 Å². The van der Waals surface area contributed by atoms with Crippen LogP contribution in [0.1, 0.15) is 68.7 Å². The lowest BCUT2D eigenvalue weighted by molar-refractivity contribution is -0.161. The molecular weight excluding hydrogens is 379 g/mol. The minimum absolute atomic E-state index is 0.0624. The van der Waals surface area contributed by atoms with Crippen molar-refractivity contribution in [3.63, 3.8) is 0 Å². The minimum atomic E-state index is -0.939. The van der Waals surface area contributed by atoms with E-state index in [-0.39, 0.29) is 36.0 Å². The summed E-state index contributed by atoms with van der Waals surface area (Å²) in [6.07, 6.45) is 6.30. The van der Waals surface area contributed by atoms with E-state index in [1.165, 1.54) is 18.9 Å². The van der Waals surface area contributed by atoms with E-state index in [1.807, 2.05) is 37.3 Å². The Morgan fingerprint density at radius 2 is 1.53 bits per heavy atom. The molecule has 158 valence electrons. The lowest BCUT2D eigenvalue weighted by Gasteiger charge is -2.46. The van der Waals surface area contributed by atoms with E-state index in [2.05, 4.69) is 0 Å². The van der Waals surface area contributed by atoms with Gasteiger partial charge in [0.05, 0.1) is 6.04 Å². The summed E-state index contributed by atoms with van der Waals surface area (Å²) in [5.74, 6) is -0.727. The number of carbonyl (C=O) groups is 2. The van der Waals surface area contributed by atoms with Gasteiger partial charge in [0.15, 0.2) is 0 Å². The number of amides is 2. The molecule has 1 heterocycles. The van der Waals surface area contributed by atoms with Gasteiger partial charge in [-0.3, -0.25) is 9.59 Å². The second kappa shape index (κ2) is 8.99. The van der Waals surface area contributed by atoms with E-state index in [0.717, 1.165) is 31.2 Å². The Morgan fingerprint density at radius 3 is 2.20 bits per heavy atom. The summed E-state index contributed by atoms with van der Waals surface area (Å²) in [5.41, 5.74) is 1.21. The fourth-order valence-electron chi connectivity index (χ4n) is 4.92. The molecule has 30 heavy (non-hydrogen) atoms. The molecule has 2 aromatic carbocycles. The van der Waals surface area contributed by atoms with Gasteiger partial charge in [0.1, 0.15) is 18.4 Å². The highest BCUT2D eigenvalue weighted by Gasteiger charge is 2.45. The molecule has 0 spiro atoms. The molecule has 0 N–H and O–H groups in total. The van der Waals surface area contributed by atoms with Gasteiger partial charge >= 0.3 is 0 Å². The van der Waals surface area contributed by atoms with Crippen LogP contribution in [0.15, 0.2) is 54.6 Å². The number of rotatable bonds is 4. The number of carbonyl (C=O) groups excluding carboxylic acids is 2. The van der Waals surface area contributed by atoms with Crippen molar-refractivity contribution < 1.29 is 14.0 Å². The Kier molecular flexibility index (Phi) is 6.16. The molecule has 2 fully saturated rings. The SMILES string of the molecule is C[C@@H](c1ccccc1)N1C(=O)CN(C2CCCCCC2)C(=O)[C@@H]1c1ccccc1F. The summed E-state index contributed by atoms with van der Waals surface area (Å²) in [6, 6.07) is 14.8. The minimum Gasteiger partial charge on any atom is -0.328 e. The van der Waals surface area contributed by atoms with Crippen molar-refractivity contribution in [2.45, 2.75) is 63.6 Å². The molecule has 2 aromatic rings. The first-order valence-electron chi connectivity index (χ1n) is 11.0. The molecule has 1 saturated heterocycles. The lowest BCUT2D eigenvalue weighted by atomic mass is 9.94. The van der Waals surface area contributed by atoms with Crippen LogP contribution in [-0.4, -0.2) is 34.2 Å². The van der Waals surface area contributed by atoms with Gasteiger partial charge in [0.2, 0.25) is 5.91 Å². The second-order valence-electron chi connectivity index (χ2n) is 8.42. The molecule has 0 bridgehead atoms. The zero-order chi connectivity index (χ0) is 21.1. The predicted molar refractivity (Wildman–Crippen MR) is 114 cm³/mol. The number of hydrogen-bond acceptors (Lipinski definition) is 2. The molecule has 0 unspecified atom stereocenters. The normalized spacial score (nSPS) is 22.1. The van der Waals surface area contributed by atoms with Gasteiger partial charge in [0, 0.05) is 11.6 Å². The molecule has 4 nitrogen and oxygen atoms in total. The van der Waals surface area contributed by atoms with E-state index in [9.17, 15) is 14.0 Å². The van der Waals surface area contributed by atoms with Crippen molar-refractivity contribution in [3.8, 4) is 0 Å². The quantitative estimate of drug-likeness (QED) is 0.667. The third-order valence-corrected chi connectivity index (χ3v) is 6.55. The van der Waals surface area contributed by atoms with Crippen LogP contribution in [0.2, 0.25) is 0 Å². The standard InChI is InChI=1S/C25H29FN2O2/c1-18(19-11-5-4-6-12-19)28-23(29)17-27(20-13-7-2-3-8-14-20)25(30)24(28)21-15-9-10-16-22(21)26/h4-6,9-12,15-16,18,20,24H,2-3,7-8,13-14,17H2,1H3/t18-,24-/m0/s1. The lowest BCUT2D eigenvalue weighted by Crippen LogP contribution is -2.58. The number of halogens is 1. The van der Waals surface area contributed by atoms with E-state index in [0.29, 0.717) is 0 Å². The third kappa shape index (κ3) is 3.98. The van der Waals surface area contributed by atoms with Crippen LogP contribution in [0.25, 0.3) is 0 Å². The summed E-state index contributed by atoms with van der Waals surface area (Å²) in [5, 5.41) is 0. The van der Waals surface area contributed by atoms with E-state index in [1.54, 1.807) is 28.0 Å². The van der Waals surface area contributed by atoms with Crippen LogP contribution in [-0.2, 0) is 9.59 Å². The molecule has 2 atom stereocenters. The summed E-state index contributed by atoms with van der Waals surface area (Å²) >= 11 is 0. The Bertz CT molecular complexity index is 893. The van der Waals surface area contributed by atoms with E-state index in [4.69, 9.17) is 0 Å². The van der Waals surface area contributed by atoms with Crippen LogP contribution < -0.4 is 0 Å². The predicted octanol–water partition coefficient (Wildman–Crippen LogP) is 5.02. The highest BCUT2D eigenvalue weighted by Crippen LogP contribution is 2.38. The number of piperazine rings is 1. The molecule has 4 rings (SSSR count). The van der Waals surface area contributed by atoms with Crippen LogP contribution in [0.5, 0.6) is 0 Å². The van der Waals surface area contributed by atoms with Gasteiger partial charge in [-0.2, -0.15) is 0 Å². The molecule has 0 aromatic heterocycles. The molecule has 1 aliphatic carbocycles. The largest absolute Gasteiger partial charge is 0.328 e. The summed E-state index contributed by atoms with van der Waals surface area (Å²) in [6.45, 7) is 1.99. The van der Waals surface area contributed by atoms with Crippen molar-refractivity contribution in [1.29, 1.82) is 0 Å². The molecule has 2 amide bonds. The molecule has 5 heteroatoms. The molecule has 0 radical (unpaired) electrons. The molecule has 2 aliphatic rings. The summed E-state index contributed by atoms with van der Waals surface area (Å²) in [4.78, 5) is 30.5. The molecule has 1 aliphatic heterocycles. The maximum atomic E-state index is 14.8. The number of benzene rings is 2. The number of hydrogen-bond donors (Lipinski definition) is 0. The average molecular weight is 409 g/mol. The summed E-state index contributed by atoms with van der Waals surface area (Å²) < 4.78 is 14.8. The van der Waals surface area contributed by atoms with Crippen molar-refractivity contribution in [3.05, 3.63) is 71.5 Å². The smallest absolute Gasteiger partial charge is 0.250 e. The van der Waals surface area contributed by atoms with Gasteiger partial charge in [-0.15, -0.1) is 0 Å². The Hall–Kier alpha value is -2.69. The number of nitrogens with zero attached hydrogens (tertiary/aromatic N) is 2. The molecule has 1 saturated carbocycles. The van der Waals surface area contributed by atoms with Crippen LogP contribution >= 0.6 is 0 Å². The molecular formula is C25H29FN2O2. The Balaban J connectivity index is 1.73. The van der Waals surface area contributed by atoms with Gasteiger partial charge in [-0.1, -0.05) is 74.2 Å². The topological polar surface area (TPSA) is 40.6 Å². The Morgan fingerprint density at radius 1 is 0.900 bits per heavy atom. The van der Waals surface area contributed by atoms with Gasteiger partial charge in [-0.25, -0.2) is 4.39 Å². The maximum absolute atomic E-state index is 14.8. The fraction of sp³-hybridized carbons (Fsp3) is 0.440. The van der Waals surface area contributed by atoms with Crippen molar-refractivity contribution in [2.75, 3.05) is 6.54 Å². The Labute approximate surface area is 177 Å². The van der Waals surface area contributed by atoms with Crippen LogP contribution in [0.4, 0.5) is 4.39 Å². The first-order valence-corrected chi connectivity index (χ1v) is 11.0. The monoisotopic (exact) mass is 408 g/mol. The van der Waals surface area contributed by atoms with Crippen molar-refractivity contribution in [2.24, 2.45) is 0 Å². The highest BCUT2D eigenvalue weighted by atomic mass is 19.1. The van der Waals surface area contributed by atoms with Crippen LogP contribution in [0, 0.1) is 5.82 Å². The van der Waals surface area contributed by atoms with Gasteiger partial charge in [0.25, 0.3) is 5.91 Å². The van der Waals surface area contributed by atoms with E-state index >= 15 is 0 Å². The van der Waals surface area contributed by atoms with Crippen molar-refractivity contribution in [1.82, 2.24) is 9.80 Å². The summed E-state index contributed by atoms with van der Waals surface area (Å²) in [7, 11) is 0. The first kappa shape index (κ1) is 20.6. The first-order chi connectivity index (χ1) is 14.6. The maximum Gasteiger partial charge on any atom is 0.250 e. The third-order valence-electron chi connectivity index (χ3n) is 6.55. The zero-order valence-corrected chi connectivity index (χ0v) is 17.5. The van der Waals surface area contributed by atoms with Gasteiger partial charge < -0.3 is 9.80 Å². The highest BCUT2D eigenvalue weighted by molar-refractivity contribution is 5.96.